The maximum absolute atomic E-state index is 11.1. The number of fused-ring (bicyclic) bond motifs is 1. The van der Waals surface area contributed by atoms with Gasteiger partial charge in [-0.1, -0.05) is 23.3 Å². The minimum Gasteiger partial charge on any atom is -0.326 e. The van der Waals surface area contributed by atoms with Crippen molar-refractivity contribution in [1.82, 2.24) is 0 Å². The highest BCUT2D eigenvalue weighted by Gasteiger charge is 2.16. The molecule has 1 aromatic rings. The molecule has 0 unspecified atom stereocenters. The summed E-state index contributed by atoms with van der Waals surface area (Å²) in [6.45, 7) is 0.338. The van der Waals surface area contributed by atoms with Crippen LogP contribution in [-0.4, -0.2) is 12.5 Å². The van der Waals surface area contributed by atoms with Gasteiger partial charge in [-0.25, -0.2) is 0 Å². The maximum atomic E-state index is 11.1. The lowest BCUT2D eigenvalue weighted by Gasteiger charge is -1.99. The number of benzene rings is 1. The van der Waals surface area contributed by atoms with E-state index in [2.05, 4.69) is 15.3 Å². The second kappa shape index (κ2) is 4.51. The molecule has 1 amide bonds. The molecule has 0 fully saturated rings. The van der Waals surface area contributed by atoms with Crippen LogP contribution in [0.4, 0.5) is 5.69 Å². The Bertz CT molecular complexity index is 501. The van der Waals surface area contributed by atoms with E-state index in [1.54, 1.807) is 6.08 Å². The van der Waals surface area contributed by atoms with Crippen LogP contribution < -0.4 is 5.32 Å². The fourth-order valence-corrected chi connectivity index (χ4v) is 1.63. The number of nitrogens with zero attached hydrogens (tertiary/aromatic N) is 3. The molecule has 5 heteroatoms. The Morgan fingerprint density at radius 2 is 2.44 bits per heavy atom. The van der Waals surface area contributed by atoms with Gasteiger partial charge in [-0.05, 0) is 28.8 Å². The summed E-state index contributed by atoms with van der Waals surface area (Å²) in [5.41, 5.74) is 11.0. The predicted octanol–water partition coefficient (Wildman–Crippen LogP) is 2.50. The van der Waals surface area contributed by atoms with Crippen molar-refractivity contribution >= 4 is 17.7 Å². The molecular formula is C11H10N4O. The minimum atomic E-state index is 0.0326. The van der Waals surface area contributed by atoms with Crippen LogP contribution in [0.15, 0.2) is 29.4 Å². The van der Waals surface area contributed by atoms with Crippen molar-refractivity contribution < 1.29 is 4.79 Å². The van der Waals surface area contributed by atoms with Crippen LogP contribution >= 0.6 is 0 Å². The Morgan fingerprint density at radius 3 is 3.25 bits per heavy atom. The molecule has 1 aliphatic heterocycles. The highest BCUT2D eigenvalue weighted by Crippen LogP contribution is 2.24. The number of carbonyl (C=O) groups excluding carboxylic acids is 1. The third kappa shape index (κ3) is 2.21. The van der Waals surface area contributed by atoms with E-state index in [1.165, 1.54) is 0 Å². The highest BCUT2D eigenvalue weighted by molar-refractivity contribution is 5.99. The second-order valence-corrected chi connectivity index (χ2v) is 3.46. The van der Waals surface area contributed by atoms with Crippen LogP contribution in [0.2, 0.25) is 0 Å². The summed E-state index contributed by atoms with van der Waals surface area (Å²) in [5.74, 6) is 0.0326. The zero-order valence-electron chi connectivity index (χ0n) is 8.55. The minimum absolute atomic E-state index is 0.0326. The molecule has 1 N–H and O–H groups in total. The zero-order chi connectivity index (χ0) is 11.4. The summed E-state index contributed by atoms with van der Waals surface area (Å²) < 4.78 is 0. The molecule has 0 atom stereocenters. The third-order valence-corrected chi connectivity index (χ3v) is 2.32. The summed E-state index contributed by atoms with van der Waals surface area (Å²) >= 11 is 0. The number of carbonyl (C=O) groups is 1. The Hall–Kier alpha value is -2.26. The Balaban J connectivity index is 2.13. The molecule has 5 nitrogen and oxygen atoms in total. The fourth-order valence-electron chi connectivity index (χ4n) is 1.63. The van der Waals surface area contributed by atoms with E-state index in [1.807, 2.05) is 24.3 Å². The first-order chi connectivity index (χ1) is 7.79. The largest absolute Gasteiger partial charge is 0.326 e. The Kier molecular flexibility index (Phi) is 2.89. The van der Waals surface area contributed by atoms with Crippen molar-refractivity contribution in [2.75, 3.05) is 11.9 Å². The lowest BCUT2D eigenvalue weighted by molar-refractivity contribution is -0.115. The van der Waals surface area contributed by atoms with Crippen LogP contribution in [0.25, 0.3) is 16.5 Å². The molecule has 2 rings (SSSR count). The molecule has 1 aliphatic rings. The van der Waals surface area contributed by atoms with Crippen molar-refractivity contribution in [2.45, 2.75) is 6.42 Å². The van der Waals surface area contributed by atoms with E-state index >= 15 is 0 Å². The second-order valence-electron chi connectivity index (χ2n) is 3.46. The van der Waals surface area contributed by atoms with E-state index in [-0.39, 0.29) is 5.91 Å². The third-order valence-electron chi connectivity index (χ3n) is 2.32. The molecule has 0 radical (unpaired) electrons. The fraction of sp³-hybridized carbons (Fsp3) is 0.182. The van der Waals surface area contributed by atoms with E-state index in [9.17, 15) is 4.79 Å². The van der Waals surface area contributed by atoms with Crippen LogP contribution in [0.3, 0.4) is 0 Å². The Labute approximate surface area is 92.4 Å². The number of azide groups is 1. The van der Waals surface area contributed by atoms with E-state index < -0.39 is 0 Å². The molecule has 16 heavy (non-hydrogen) atoms. The molecule has 80 valence electrons. The number of hydrogen-bond donors (Lipinski definition) is 1. The van der Waals surface area contributed by atoms with Crippen LogP contribution in [0, 0.1) is 0 Å². The van der Waals surface area contributed by atoms with Gasteiger partial charge in [0.1, 0.15) is 0 Å². The van der Waals surface area contributed by atoms with Gasteiger partial charge < -0.3 is 5.32 Å². The van der Waals surface area contributed by atoms with Crippen molar-refractivity contribution in [3.05, 3.63) is 45.8 Å². The average Bonchev–Trinajstić information content (AvgIpc) is 2.64. The van der Waals surface area contributed by atoms with Gasteiger partial charge in [0, 0.05) is 17.1 Å². The number of rotatable bonds is 3. The smallest absolute Gasteiger partial charge is 0.228 e. The Morgan fingerprint density at radius 1 is 1.56 bits per heavy atom. The molecule has 0 saturated heterocycles. The topological polar surface area (TPSA) is 77.9 Å². The quantitative estimate of drug-likeness (QED) is 0.468. The molecular weight excluding hydrogens is 204 g/mol. The molecule has 0 aromatic heterocycles. The number of nitrogens with one attached hydrogen (secondary N) is 1. The molecule has 0 aliphatic carbocycles. The summed E-state index contributed by atoms with van der Waals surface area (Å²) in [4.78, 5) is 13.8. The first-order valence-corrected chi connectivity index (χ1v) is 4.90. The van der Waals surface area contributed by atoms with Gasteiger partial charge in [0.2, 0.25) is 5.91 Å². The lowest BCUT2D eigenvalue weighted by atomic mass is 10.1. The van der Waals surface area contributed by atoms with Crippen molar-refractivity contribution in [3.8, 4) is 0 Å². The van der Waals surface area contributed by atoms with Gasteiger partial charge in [0.25, 0.3) is 0 Å². The van der Waals surface area contributed by atoms with Gasteiger partial charge >= 0.3 is 0 Å². The molecule has 0 bridgehead atoms. The summed E-state index contributed by atoms with van der Waals surface area (Å²) in [6, 6.07) is 5.75. The molecule has 0 spiro atoms. The number of anilines is 1. The van der Waals surface area contributed by atoms with Crippen LogP contribution in [0.1, 0.15) is 11.1 Å². The first-order valence-electron chi connectivity index (χ1n) is 4.90. The van der Waals surface area contributed by atoms with Crippen LogP contribution in [0.5, 0.6) is 0 Å². The van der Waals surface area contributed by atoms with Crippen molar-refractivity contribution in [1.29, 1.82) is 0 Å². The maximum Gasteiger partial charge on any atom is 0.228 e. The SMILES string of the molecule is [N-]=[N+]=NCC=Cc1ccc2c(c1)CC(=O)N2. The normalized spacial score (nSPS) is 13.4. The standard InChI is InChI=1S/C11H10N4O/c12-15-13-5-1-2-8-3-4-10-9(6-8)7-11(16)14-10/h1-4,6H,5,7H2,(H,14,16). The van der Waals surface area contributed by atoms with Crippen molar-refractivity contribution in [2.24, 2.45) is 5.11 Å². The predicted molar refractivity (Wildman–Crippen MR) is 61.8 cm³/mol. The van der Waals surface area contributed by atoms with Crippen LogP contribution in [-0.2, 0) is 11.2 Å². The lowest BCUT2D eigenvalue weighted by Crippen LogP contribution is -2.03. The van der Waals surface area contributed by atoms with E-state index in [0.29, 0.717) is 13.0 Å². The molecule has 1 heterocycles. The number of hydrogen-bond acceptors (Lipinski definition) is 2. The van der Waals surface area contributed by atoms with Gasteiger partial charge in [-0.15, -0.1) is 0 Å². The van der Waals surface area contributed by atoms with Crippen molar-refractivity contribution in [3.63, 3.8) is 0 Å². The number of amides is 1. The van der Waals surface area contributed by atoms with Gasteiger partial charge in [0.15, 0.2) is 0 Å². The first kappa shape index (κ1) is 10.3. The average molecular weight is 214 g/mol. The molecule has 0 saturated carbocycles. The zero-order valence-corrected chi connectivity index (χ0v) is 8.55. The van der Waals surface area contributed by atoms with E-state index in [4.69, 9.17) is 5.53 Å². The van der Waals surface area contributed by atoms with Gasteiger partial charge in [-0.3, -0.25) is 4.79 Å². The summed E-state index contributed by atoms with van der Waals surface area (Å²) in [7, 11) is 0. The summed E-state index contributed by atoms with van der Waals surface area (Å²) in [5, 5.41) is 6.17. The van der Waals surface area contributed by atoms with Gasteiger partial charge in [0.05, 0.1) is 6.42 Å². The van der Waals surface area contributed by atoms with E-state index in [0.717, 1.165) is 16.8 Å². The van der Waals surface area contributed by atoms with Gasteiger partial charge in [-0.2, -0.15) is 0 Å². The molecule has 1 aromatic carbocycles. The monoisotopic (exact) mass is 214 g/mol. The summed E-state index contributed by atoms with van der Waals surface area (Å²) in [6.07, 6.45) is 4.09. The highest BCUT2D eigenvalue weighted by atomic mass is 16.1.